The lowest BCUT2D eigenvalue weighted by molar-refractivity contribution is 0.447. The molecule has 64 valence electrons. The highest BCUT2D eigenvalue weighted by atomic mass is 14.6. The number of hydrogen-bond donors (Lipinski definition) is 0. The molecule has 0 saturated carbocycles. The van der Waals surface area contributed by atoms with Gasteiger partial charge in [0.15, 0.2) is 0 Å². The van der Waals surface area contributed by atoms with E-state index in [2.05, 4.69) is 38.8 Å². The first-order valence-electron chi connectivity index (χ1n) is 4.17. The number of nitrogens with zero attached hydrogens (tertiary/aromatic N) is 1. The van der Waals surface area contributed by atoms with Crippen LogP contribution < -0.4 is 0 Å². The van der Waals surface area contributed by atoms with Gasteiger partial charge in [-0.3, -0.25) is 4.99 Å². The first-order valence-corrected chi connectivity index (χ1v) is 4.17. The average Bonchev–Trinajstić information content (AvgIpc) is 2.00. The second-order valence-corrected chi connectivity index (χ2v) is 3.37. The maximum absolute atomic E-state index is 4.03. The van der Waals surface area contributed by atoms with Gasteiger partial charge < -0.3 is 0 Å². The Morgan fingerprint density at radius 2 is 2.00 bits per heavy atom. The zero-order chi connectivity index (χ0) is 8.91. The molecule has 0 N–H and O–H groups in total. The molecule has 0 heterocycles. The molecule has 0 rings (SSSR count). The van der Waals surface area contributed by atoms with E-state index in [1.165, 1.54) is 5.57 Å². The summed E-state index contributed by atoms with van der Waals surface area (Å²) in [7, 11) is 1.81. The van der Waals surface area contributed by atoms with Crippen LogP contribution in [0.25, 0.3) is 0 Å². The fraction of sp³-hybridized carbons (Fsp3) is 0.700. The SMILES string of the molecule is C/C=C(\C=N/C)C(C)(C)CC. The van der Waals surface area contributed by atoms with Crippen LogP contribution in [0.2, 0.25) is 0 Å². The Balaban J connectivity index is 4.51. The van der Waals surface area contributed by atoms with Crippen LogP contribution in [0.15, 0.2) is 16.6 Å². The predicted molar refractivity (Wildman–Crippen MR) is 52.2 cm³/mol. The van der Waals surface area contributed by atoms with E-state index < -0.39 is 0 Å². The second kappa shape index (κ2) is 4.32. The molecule has 0 aliphatic carbocycles. The first-order chi connectivity index (χ1) is 5.08. The van der Waals surface area contributed by atoms with Gasteiger partial charge >= 0.3 is 0 Å². The van der Waals surface area contributed by atoms with Gasteiger partial charge in [-0.1, -0.05) is 26.8 Å². The van der Waals surface area contributed by atoms with Crippen molar-refractivity contribution in [3.8, 4) is 0 Å². The van der Waals surface area contributed by atoms with E-state index in [0.717, 1.165) is 6.42 Å². The fourth-order valence-corrected chi connectivity index (χ4v) is 0.983. The number of aliphatic imine (C=N–C) groups is 1. The van der Waals surface area contributed by atoms with Crippen LogP contribution in [0.5, 0.6) is 0 Å². The third kappa shape index (κ3) is 2.87. The fourth-order valence-electron chi connectivity index (χ4n) is 0.983. The molecule has 0 saturated heterocycles. The summed E-state index contributed by atoms with van der Waals surface area (Å²) in [5.41, 5.74) is 1.59. The third-order valence-corrected chi connectivity index (χ3v) is 2.24. The van der Waals surface area contributed by atoms with Crippen molar-refractivity contribution in [2.75, 3.05) is 7.05 Å². The third-order valence-electron chi connectivity index (χ3n) is 2.24. The quantitative estimate of drug-likeness (QED) is 0.552. The molecule has 0 fully saturated rings. The van der Waals surface area contributed by atoms with E-state index >= 15 is 0 Å². The minimum atomic E-state index is 0.272. The standard InChI is InChI=1S/C10H19N/c1-6-9(8-11-5)10(3,4)7-2/h6,8H,7H2,1-5H3/b9-6+,11-8-. The highest BCUT2D eigenvalue weighted by molar-refractivity contribution is 5.79. The lowest BCUT2D eigenvalue weighted by Crippen LogP contribution is -2.14. The highest BCUT2D eigenvalue weighted by Gasteiger charge is 2.18. The molecule has 1 nitrogen and oxygen atoms in total. The molecule has 0 aromatic carbocycles. The number of hydrogen-bond acceptors (Lipinski definition) is 1. The van der Waals surface area contributed by atoms with Gasteiger partial charge in [-0.2, -0.15) is 0 Å². The summed E-state index contributed by atoms with van der Waals surface area (Å²) in [6.07, 6.45) is 5.23. The summed E-state index contributed by atoms with van der Waals surface area (Å²) in [4.78, 5) is 4.03. The first kappa shape index (κ1) is 10.4. The summed E-state index contributed by atoms with van der Waals surface area (Å²) < 4.78 is 0. The molecule has 0 aliphatic heterocycles. The van der Waals surface area contributed by atoms with Crippen molar-refractivity contribution in [3.63, 3.8) is 0 Å². The summed E-state index contributed by atoms with van der Waals surface area (Å²) in [6, 6.07) is 0. The van der Waals surface area contributed by atoms with Gasteiger partial charge in [-0.25, -0.2) is 0 Å². The van der Waals surface area contributed by atoms with Crippen LogP contribution in [0, 0.1) is 5.41 Å². The molecule has 0 atom stereocenters. The van der Waals surface area contributed by atoms with E-state index in [1.54, 1.807) is 0 Å². The summed E-state index contributed by atoms with van der Waals surface area (Å²) in [5.74, 6) is 0. The van der Waals surface area contributed by atoms with E-state index in [0.29, 0.717) is 0 Å². The molecule has 1 heteroatoms. The maximum atomic E-state index is 4.03. The zero-order valence-corrected chi connectivity index (χ0v) is 8.31. The van der Waals surface area contributed by atoms with Crippen molar-refractivity contribution in [2.24, 2.45) is 10.4 Å². The summed E-state index contributed by atoms with van der Waals surface area (Å²) in [6.45, 7) is 8.75. The van der Waals surface area contributed by atoms with Crippen molar-refractivity contribution in [2.45, 2.75) is 34.1 Å². The normalized spacial score (nSPS) is 14.5. The molecular formula is C10H19N. The molecule has 0 radical (unpaired) electrons. The van der Waals surface area contributed by atoms with E-state index in [9.17, 15) is 0 Å². The Labute approximate surface area is 70.2 Å². The largest absolute Gasteiger partial charge is 0.296 e. The molecule has 0 aliphatic rings. The molecule has 0 spiro atoms. The Morgan fingerprint density at radius 1 is 1.45 bits per heavy atom. The Hall–Kier alpha value is -0.590. The maximum Gasteiger partial charge on any atom is 0.0277 e. The Morgan fingerprint density at radius 3 is 2.27 bits per heavy atom. The van der Waals surface area contributed by atoms with Gasteiger partial charge in [0.1, 0.15) is 0 Å². The second-order valence-electron chi connectivity index (χ2n) is 3.37. The van der Waals surface area contributed by atoms with Crippen LogP contribution in [0.1, 0.15) is 34.1 Å². The smallest absolute Gasteiger partial charge is 0.0277 e. The lowest BCUT2D eigenvalue weighted by atomic mass is 9.82. The average molecular weight is 153 g/mol. The molecular weight excluding hydrogens is 134 g/mol. The predicted octanol–water partition coefficient (Wildman–Crippen LogP) is 3.07. The van der Waals surface area contributed by atoms with E-state index in [-0.39, 0.29) is 5.41 Å². The van der Waals surface area contributed by atoms with Gasteiger partial charge in [0.2, 0.25) is 0 Å². The molecule has 0 amide bonds. The molecule has 11 heavy (non-hydrogen) atoms. The van der Waals surface area contributed by atoms with Gasteiger partial charge in [0.25, 0.3) is 0 Å². The highest BCUT2D eigenvalue weighted by Crippen LogP contribution is 2.28. The van der Waals surface area contributed by atoms with Gasteiger partial charge in [0.05, 0.1) is 0 Å². The molecule has 0 bridgehead atoms. The minimum Gasteiger partial charge on any atom is -0.296 e. The van der Waals surface area contributed by atoms with Crippen molar-refractivity contribution in [3.05, 3.63) is 11.6 Å². The topological polar surface area (TPSA) is 12.4 Å². The van der Waals surface area contributed by atoms with E-state index in [1.807, 2.05) is 13.3 Å². The Kier molecular flexibility index (Phi) is 4.09. The van der Waals surface area contributed by atoms with Gasteiger partial charge in [-0.05, 0) is 24.3 Å². The summed E-state index contributed by atoms with van der Waals surface area (Å²) >= 11 is 0. The molecule has 0 aromatic heterocycles. The number of rotatable bonds is 3. The summed E-state index contributed by atoms with van der Waals surface area (Å²) in [5, 5.41) is 0. The van der Waals surface area contributed by atoms with Crippen molar-refractivity contribution in [1.29, 1.82) is 0 Å². The van der Waals surface area contributed by atoms with Crippen LogP contribution >= 0.6 is 0 Å². The molecule has 0 aromatic rings. The van der Waals surface area contributed by atoms with Gasteiger partial charge in [-0.15, -0.1) is 0 Å². The molecule has 0 unspecified atom stereocenters. The Bertz CT molecular complexity index is 164. The van der Waals surface area contributed by atoms with Crippen LogP contribution in [0.4, 0.5) is 0 Å². The monoisotopic (exact) mass is 153 g/mol. The minimum absolute atomic E-state index is 0.272. The van der Waals surface area contributed by atoms with Crippen LogP contribution in [-0.4, -0.2) is 13.3 Å². The van der Waals surface area contributed by atoms with Crippen molar-refractivity contribution < 1.29 is 0 Å². The lowest BCUT2D eigenvalue weighted by Gasteiger charge is -2.23. The van der Waals surface area contributed by atoms with Gasteiger partial charge in [0, 0.05) is 13.3 Å². The number of allylic oxidation sites excluding steroid dienone is 2. The van der Waals surface area contributed by atoms with Crippen LogP contribution in [-0.2, 0) is 0 Å². The van der Waals surface area contributed by atoms with Crippen LogP contribution in [0.3, 0.4) is 0 Å². The van der Waals surface area contributed by atoms with E-state index in [4.69, 9.17) is 0 Å². The van der Waals surface area contributed by atoms with Crippen molar-refractivity contribution in [1.82, 2.24) is 0 Å². The van der Waals surface area contributed by atoms with Crippen molar-refractivity contribution >= 4 is 6.21 Å². The zero-order valence-electron chi connectivity index (χ0n) is 8.31.